The zero-order valence-electron chi connectivity index (χ0n) is 12.4. The second kappa shape index (κ2) is 7.74. The summed E-state index contributed by atoms with van der Waals surface area (Å²) in [5.74, 6) is 0.447. The molecule has 0 unspecified atom stereocenters. The van der Waals surface area contributed by atoms with Gasteiger partial charge in [-0.1, -0.05) is 48.0 Å². The summed E-state index contributed by atoms with van der Waals surface area (Å²) in [5.41, 5.74) is 0.591. The molecule has 0 aliphatic heterocycles. The van der Waals surface area contributed by atoms with Gasteiger partial charge >= 0.3 is 0 Å². The van der Waals surface area contributed by atoms with Crippen LogP contribution in [0.15, 0.2) is 28.7 Å². The molecular weight excluding hydrogens is 330 g/mol. The molecule has 0 bridgehead atoms. The summed E-state index contributed by atoms with van der Waals surface area (Å²) in [6.07, 6.45) is 6.92. The molecule has 1 saturated carbocycles. The fraction of sp³-hybridized carbons (Fsp3) is 0.529. The fourth-order valence-electron chi connectivity index (χ4n) is 2.93. The molecule has 1 fully saturated rings. The summed E-state index contributed by atoms with van der Waals surface area (Å²) >= 11 is 3.35. The van der Waals surface area contributed by atoms with Gasteiger partial charge in [0.15, 0.2) is 5.78 Å². The van der Waals surface area contributed by atoms with Gasteiger partial charge in [0.25, 0.3) is 5.91 Å². The molecule has 0 spiro atoms. The van der Waals surface area contributed by atoms with Crippen LogP contribution in [0.25, 0.3) is 0 Å². The zero-order chi connectivity index (χ0) is 15.2. The number of hydrogen-bond donors (Lipinski definition) is 1. The highest BCUT2D eigenvalue weighted by Crippen LogP contribution is 2.27. The van der Waals surface area contributed by atoms with Gasteiger partial charge in [0.2, 0.25) is 0 Å². The average Bonchev–Trinajstić information content (AvgIpc) is 2.48. The molecule has 1 atom stereocenters. The van der Waals surface area contributed by atoms with Gasteiger partial charge in [-0.2, -0.15) is 0 Å². The zero-order valence-corrected chi connectivity index (χ0v) is 14.0. The van der Waals surface area contributed by atoms with E-state index < -0.39 is 0 Å². The number of benzene rings is 1. The summed E-state index contributed by atoms with van der Waals surface area (Å²) in [6.45, 7) is 1.56. The second-order valence-corrected chi connectivity index (χ2v) is 6.80. The standard InChI is InChI=1S/C17H22BrNO2/c1-12(20)16(11-13-5-3-2-4-6-13)19-17(21)14-7-9-15(18)10-8-14/h7-10,13,16H,2-6,11H2,1H3,(H,19,21)/t16-/m0/s1. The predicted octanol–water partition coefficient (Wildman–Crippen LogP) is 4.11. The molecular formula is C17H22BrNO2. The van der Waals surface area contributed by atoms with E-state index in [2.05, 4.69) is 21.2 Å². The van der Waals surface area contributed by atoms with E-state index in [-0.39, 0.29) is 17.7 Å². The SMILES string of the molecule is CC(=O)[C@H](CC1CCCCC1)NC(=O)c1ccc(Br)cc1. The lowest BCUT2D eigenvalue weighted by Gasteiger charge is -2.25. The van der Waals surface area contributed by atoms with Gasteiger partial charge in [-0.3, -0.25) is 9.59 Å². The van der Waals surface area contributed by atoms with Gasteiger partial charge in [0.05, 0.1) is 6.04 Å². The minimum Gasteiger partial charge on any atom is -0.342 e. The van der Waals surface area contributed by atoms with Crippen LogP contribution in [-0.2, 0) is 4.79 Å². The Bertz CT molecular complexity index is 492. The monoisotopic (exact) mass is 351 g/mol. The number of nitrogens with one attached hydrogen (secondary N) is 1. The van der Waals surface area contributed by atoms with E-state index >= 15 is 0 Å². The topological polar surface area (TPSA) is 46.2 Å². The second-order valence-electron chi connectivity index (χ2n) is 5.88. The van der Waals surface area contributed by atoms with Crippen LogP contribution in [0.3, 0.4) is 0 Å². The summed E-state index contributed by atoms with van der Waals surface area (Å²) < 4.78 is 0.935. The van der Waals surface area contributed by atoms with Crippen molar-refractivity contribution in [3.63, 3.8) is 0 Å². The van der Waals surface area contributed by atoms with Crippen molar-refractivity contribution in [2.45, 2.75) is 51.5 Å². The molecule has 0 saturated heterocycles. The maximum atomic E-state index is 12.2. The van der Waals surface area contributed by atoms with Crippen molar-refractivity contribution in [1.82, 2.24) is 5.32 Å². The van der Waals surface area contributed by atoms with Gasteiger partial charge in [-0.25, -0.2) is 0 Å². The highest BCUT2D eigenvalue weighted by molar-refractivity contribution is 9.10. The molecule has 21 heavy (non-hydrogen) atoms. The molecule has 1 aliphatic carbocycles. The molecule has 1 N–H and O–H groups in total. The molecule has 3 nitrogen and oxygen atoms in total. The van der Waals surface area contributed by atoms with E-state index in [1.807, 2.05) is 12.1 Å². The minimum atomic E-state index is -0.357. The van der Waals surface area contributed by atoms with Crippen LogP contribution in [0.4, 0.5) is 0 Å². The van der Waals surface area contributed by atoms with Gasteiger partial charge < -0.3 is 5.32 Å². The van der Waals surface area contributed by atoms with E-state index in [1.165, 1.54) is 32.1 Å². The van der Waals surface area contributed by atoms with Crippen molar-refractivity contribution in [2.24, 2.45) is 5.92 Å². The maximum absolute atomic E-state index is 12.2. The molecule has 2 rings (SSSR count). The van der Waals surface area contributed by atoms with E-state index in [1.54, 1.807) is 19.1 Å². The van der Waals surface area contributed by atoms with Crippen LogP contribution in [-0.4, -0.2) is 17.7 Å². The maximum Gasteiger partial charge on any atom is 0.251 e. The third-order valence-electron chi connectivity index (χ3n) is 4.20. The van der Waals surface area contributed by atoms with Crippen LogP contribution in [0.5, 0.6) is 0 Å². The minimum absolute atomic E-state index is 0.0473. The van der Waals surface area contributed by atoms with Crippen molar-refractivity contribution < 1.29 is 9.59 Å². The van der Waals surface area contributed by atoms with Gasteiger partial charge in [0, 0.05) is 10.0 Å². The Morgan fingerprint density at radius 2 is 1.81 bits per heavy atom. The molecule has 114 valence electrons. The Morgan fingerprint density at radius 1 is 1.19 bits per heavy atom. The first-order valence-corrected chi connectivity index (χ1v) is 8.42. The quantitative estimate of drug-likeness (QED) is 0.867. The Kier molecular flexibility index (Phi) is 5.97. The molecule has 0 heterocycles. The van der Waals surface area contributed by atoms with Gasteiger partial charge in [-0.05, 0) is 43.5 Å². The Morgan fingerprint density at radius 3 is 2.38 bits per heavy atom. The van der Waals surface area contributed by atoms with Crippen LogP contribution in [0.2, 0.25) is 0 Å². The van der Waals surface area contributed by atoms with Crippen molar-refractivity contribution in [3.05, 3.63) is 34.3 Å². The fourth-order valence-corrected chi connectivity index (χ4v) is 3.19. The predicted molar refractivity (Wildman–Crippen MR) is 87.3 cm³/mol. The molecule has 1 aromatic carbocycles. The third kappa shape index (κ3) is 4.95. The number of rotatable bonds is 5. The van der Waals surface area contributed by atoms with Crippen LogP contribution in [0.1, 0.15) is 55.8 Å². The van der Waals surface area contributed by atoms with Crippen LogP contribution in [0, 0.1) is 5.92 Å². The largest absolute Gasteiger partial charge is 0.342 e. The lowest BCUT2D eigenvalue weighted by molar-refractivity contribution is -0.119. The molecule has 1 amide bonds. The highest BCUT2D eigenvalue weighted by atomic mass is 79.9. The van der Waals surface area contributed by atoms with E-state index in [9.17, 15) is 9.59 Å². The lowest BCUT2D eigenvalue weighted by atomic mass is 9.84. The Balaban J connectivity index is 1.96. The molecule has 4 heteroatoms. The third-order valence-corrected chi connectivity index (χ3v) is 4.72. The summed E-state index contributed by atoms with van der Waals surface area (Å²) in [7, 11) is 0. The van der Waals surface area contributed by atoms with E-state index in [0.717, 1.165) is 10.9 Å². The van der Waals surface area contributed by atoms with Gasteiger partial charge in [0.1, 0.15) is 0 Å². The molecule has 1 aliphatic rings. The van der Waals surface area contributed by atoms with E-state index in [0.29, 0.717) is 11.5 Å². The number of carbonyl (C=O) groups excluding carboxylic acids is 2. The normalized spacial score (nSPS) is 17.2. The number of Topliss-reactive ketones (excluding diaryl/α,β-unsaturated/α-hetero) is 1. The Hall–Kier alpha value is -1.16. The Labute approximate surface area is 134 Å². The smallest absolute Gasteiger partial charge is 0.251 e. The number of ketones is 1. The molecule has 1 aromatic rings. The van der Waals surface area contributed by atoms with Crippen LogP contribution < -0.4 is 5.32 Å². The van der Waals surface area contributed by atoms with Gasteiger partial charge in [-0.15, -0.1) is 0 Å². The summed E-state index contributed by atoms with van der Waals surface area (Å²) in [5, 5.41) is 2.90. The first kappa shape index (κ1) is 16.2. The van der Waals surface area contributed by atoms with Crippen molar-refractivity contribution in [3.8, 4) is 0 Å². The summed E-state index contributed by atoms with van der Waals surface area (Å²) in [4.78, 5) is 24.1. The molecule has 0 aromatic heterocycles. The first-order chi connectivity index (χ1) is 10.1. The number of hydrogen-bond acceptors (Lipinski definition) is 2. The van der Waals surface area contributed by atoms with E-state index in [4.69, 9.17) is 0 Å². The lowest BCUT2D eigenvalue weighted by Crippen LogP contribution is -2.41. The first-order valence-electron chi connectivity index (χ1n) is 7.63. The van der Waals surface area contributed by atoms with Crippen molar-refractivity contribution in [1.29, 1.82) is 0 Å². The number of amides is 1. The van der Waals surface area contributed by atoms with Crippen molar-refractivity contribution >= 4 is 27.6 Å². The number of carbonyl (C=O) groups is 2. The molecule has 0 radical (unpaired) electrons. The summed E-state index contributed by atoms with van der Waals surface area (Å²) in [6, 6.07) is 6.83. The highest BCUT2D eigenvalue weighted by Gasteiger charge is 2.23. The van der Waals surface area contributed by atoms with Crippen LogP contribution >= 0.6 is 15.9 Å². The average molecular weight is 352 g/mol. The van der Waals surface area contributed by atoms with Crippen molar-refractivity contribution in [2.75, 3.05) is 0 Å². The number of halogens is 1.